The van der Waals surface area contributed by atoms with Crippen molar-refractivity contribution >= 4 is 35.0 Å². The average Bonchev–Trinajstić information content (AvgIpc) is 3.21. The highest BCUT2D eigenvalue weighted by molar-refractivity contribution is 7.99. The second kappa shape index (κ2) is 9.70. The molecule has 31 heavy (non-hydrogen) atoms. The SMILES string of the molecule is CCn1c(SCC(=O)N2CCN(c3ccc(F)cc3)CC2)nnc1-c1cccc(Cl)c1. The van der Waals surface area contributed by atoms with Gasteiger partial charge in [0.2, 0.25) is 5.91 Å². The number of nitrogens with zero attached hydrogens (tertiary/aromatic N) is 5. The zero-order chi connectivity index (χ0) is 21.8. The number of piperazine rings is 1. The number of rotatable bonds is 6. The molecule has 0 radical (unpaired) electrons. The third-order valence-corrected chi connectivity index (χ3v) is 6.45. The van der Waals surface area contributed by atoms with Gasteiger partial charge in [-0.3, -0.25) is 4.79 Å². The molecule has 2 heterocycles. The van der Waals surface area contributed by atoms with Crippen molar-refractivity contribution in [2.75, 3.05) is 36.8 Å². The largest absolute Gasteiger partial charge is 0.368 e. The molecule has 1 fully saturated rings. The highest BCUT2D eigenvalue weighted by atomic mass is 35.5. The summed E-state index contributed by atoms with van der Waals surface area (Å²) in [4.78, 5) is 16.8. The third kappa shape index (κ3) is 5.02. The molecule has 9 heteroatoms. The van der Waals surface area contributed by atoms with Crippen LogP contribution < -0.4 is 4.90 Å². The van der Waals surface area contributed by atoms with E-state index in [1.165, 1.54) is 23.9 Å². The molecule has 2 aromatic carbocycles. The fourth-order valence-corrected chi connectivity index (χ4v) is 4.70. The van der Waals surface area contributed by atoms with Crippen LogP contribution in [0.1, 0.15) is 6.92 Å². The summed E-state index contributed by atoms with van der Waals surface area (Å²) in [5.74, 6) is 0.893. The van der Waals surface area contributed by atoms with Gasteiger partial charge in [-0.1, -0.05) is 35.5 Å². The summed E-state index contributed by atoms with van der Waals surface area (Å²) in [7, 11) is 0. The first kappa shape index (κ1) is 21.6. The lowest BCUT2D eigenvalue weighted by Crippen LogP contribution is -2.49. The zero-order valence-corrected chi connectivity index (χ0v) is 18.7. The zero-order valence-electron chi connectivity index (χ0n) is 17.2. The van der Waals surface area contributed by atoms with Crippen LogP contribution in [0.25, 0.3) is 11.4 Å². The topological polar surface area (TPSA) is 54.3 Å². The number of benzene rings is 2. The molecule has 0 aliphatic carbocycles. The average molecular weight is 460 g/mol. The van der Waals surface area contributed by atoms with Crippen LogP contribution in [0.5, 0.6) is 0 Å². The Morgan fingerprint density at radius 2 is 1.84 bits per heavy atom. The number of aromatic nitrogens is 3. The summed E-state index contributed by atoms with van der Waals surface area (Å²) in [6.45, 7) is 5.47. The Kier molecular flexibility index (Phi) is 6.77. The number of carbonyl (C=O) groups is 1. The van der Waals surface area contributed by atoms with E-state index in [-0.39, 0.29) is 11.7 Å². The standard InChI is InChI=1S/C22H23ClFN5OS/c1-2-29-21(16-4-3-5-17(23)14-16)25-26-22(29)31-15-20(30)28-12-10-27(11-13-28)19-8-6-18(24)7-9-19/h3-9,14H,2,10-13,15H2,1H3. The van der Waals surface area contributed by atoms with Gasteiger partial charge in [-0.15, -0.1) is 10.2 Å². The van der Waals surface area contributed by atoms with Crippen molar-refractivity contribution < 1.29 is 9.18 Å². The molecule has 1 amide bonds. The van der Waals surface area contributed by atoms with Crippen molar-refractivity contribution in [1.29, 1.82) is 0 Å². The Morgan fingerprint density at radius 1 is 1.10 bits per heavy atom. The molecule has 6 nitrogen and oxygen atoms in total. The van der Waals surface area contributed by atoms with Crippen molar-refractivity contribution in [3.8, 4) is 11.4 Å². The van der Waals surface area contributed by atoms with Crippen LogP contribution in [0.3, 0.4) is 0 Å². The van der Waals surface area contributed by atoms with Gasteiger partial charge in [0.15, 0.2) is 11.0 Å². The maximum absolute atomic E-state index is 13.1. The second-order valence-electron chi connectivity index (χ2n) is 7.19. The monoisotopic (exact) mass is 459 g/mol. The molecule has 0 bridgehead atoms. The van der Waals surface area contributed by atoms with Crippen LogP contribution in [0, 0.1) is 5.82 Å². The predicted octanol–water partition coefficient (Wildman–Crippen LogP) is 4.20. The van der Waals surface area contributed by atoms with E-state index in [1.807, 2.05) is 40.7 Å². The molecular formula is C22H23ClFN5OS. The molecule has 162 valence electrons. The number of halogens is 2. The van der Waals surface area contributed by atoms with Gasteiger partial charge in [0.1, 0.15) is 5.82 Å². The van der Waals surface area contributed by atoms with Gasteiger partial charge in [-0.05, 0) is 43.3 Å². The lowest BCUT2D eigenvalue weighted by atomic mass is 10.2. The van der Waals surface area contributed by atoms with Crippen LogP contribution in [0.15, 0.2) is 53.7 Å². The molecule has 0 N–H and O–H groups in total. The van der Waals surface area contributed by atoms with Crippen LogP contribution in [0.4, 0.5) is 10.1 Å². The molecule has 4 rings (SSSR count). The smallest absolute Gasteiger partial charge is 0.233 e. The van der Waals surface area contributed by atoms with E-state index in [1.54, 1.807) is 12.1 Å². The molecular weight excluding hydrogens is 437 g/mol. The Balaban J connectivity index is 1.35. The number of hydrogen-bond donors (Lipinski definition) is 0. The van der Waals surface area contributed by atoms with Crippen LogP contribution in [0.2, 0.25) is 5.02 Å². The van der Waals surface area contributed by atoms with Crippen molar-refractivity contribution in [2.45, 2.75) is 18.6 Å². The summed E-state index contributed by atoms with van der Waals surface area (Å²) in [5.41, 5.74) is 1.88. The Morgan fingerprint density at radius 3 is 2.52 bits per heavy atom. The molecule has 1 saturated heterocycles. The van der Waals surface area contributed by atoms with Crippen LogP contribution >= 0.6 is 23.4 Å². The van der Waals surface area contributed by atoms with E-state index in [9.17, 15) is 9.18 Å². The van der Waals surface area contributed by atoms with Crippen molar-refractivity contribution in [3.05, 3.63) is 59.4 Å². The lowest BCUT2D eigenvalue weighted by molar-refractivity contribution is -0.128. The van der Waals surface area contributed by atoms with Gasteiger partial charge >= 0.3 is 0 Å². The van der Waals surface area contributed by atoms with Crippen LogP contribution in [-0.2, 0) is 11.3 Å². The molecule has 3 aromatic rings. The lowest BCUT2D eigenvalue weighted by Gasteiger charge is -2.36. The quantitative estimate of drug-likeness (QED) is 0.517. The minimum atomic E-state index is -0.243. The highest BCUT2D eigenvalue weighted by Gasteiger charge is 2.22. The van der Waals surface area contributed by atoms with Crippen molar-refractivity contribution in [1.82, 2.24) is 19.7 Å². The Hall–Kier alpha value is -2.58. The van der Waals surface area contributed by atoms with Crippen molar-refractivity contribution in [2.24, 2.45) is 0 Å². The molecule has 0 saturated carbocycles. The molecule has 0 unspecified atom stereocenters. The molecule has 0 atom stereocenters. The molecule has 1 aliphatic rings. The summed E-state index contributed by atoms with van der Waals surface area (Å²) in [5, 5.41) is 9.97. The second-order valence-corrected chi connectivity index (χ2v) is 8.57. The predicted molar refractivity (Wildman–Crippen MR) is 122 cm³/mol. The summed E-state index contributed by atoms with van der Waals surface area (Å²) in [6.07, 6.45) is 0. The van der Waals surface area contributed by atoms with Crippen molar-refractivity contribution in [3.63, 3.8) is 0 Å². The number of hydrogen-bond acceptors (Lipinski definition) is 5. The number of carbonyl (C=O) groups excluding carboxylic acids is 1. The minimum absolute atomic E-state index is 0.0821. The normalized spacial score (nSPS) is 14.2. The first-order chi connectivity index (χ1) is 15.0. The summed E-state index contributed by atoms with van der Waals surface area (Å²) < 4.78 is 15.1. The van der Waals surface area contributed by atoms with Gasteiger partial charge in [0, 0.05) is 49.0 Å². The van der Waals surface area contributed by atoms with E-state index >= 15 is 0 Å². The maximum atomic E-state index is 13.1. The van der Waals surface area contributed by atoms with E-state index < -0.39 is 0 Å². The van der Waals surface area contributed by atoms with E-state index in [2.05, 4.69) is 15.1 Å². The van der Waals surface area contributed by atoms with Crippen LogP contribution in [-0.4, -0.2) is 57.5 Å². The fraction of sp³-hybridized carbons (Fsp3) is 0.318. The van der Waals surface area contributed by atoms with Gasteiger partial charge < -0.3 is 14.4 Å². The Labute approximate surface area is 190 Å². The number of thioether (sulfide) groups is 1. The number of anilines is 1. The molecule has 0 spiro atoms. The molecule has 1 aliphatic heterocycles. The van der Waals surface area contributed by atoms with E-state index in [0.717, 1.165) is 35.3 Å². The number of amides is 1. The van der Waals surface area contributed by atoms with E-state index in [0.29, 0.717) is 30.4 Å². The van der Waals surface area contributed by atoms with Gasteiger partial charge in [-0.25, -0.2) is 4.39 Å². The summed E-state index contributed by atoms with van der Waals surface area (Å²) >= 11 is 7.51. The maximum Gasteiger partial charge on any atom is 0.233 e. The third-order valence-electron chi connectivity index (χ3n) is 5.26. The van der Waals surface area contributed by atoms with Gasteiger partial charge in [0.25, 0.3) is 0 Å². The minimum Gasteiger partial charge on any atom is -0.368 e. The molecule has 1 aromatic heterocycles. The fourth-order valence-electron chi connectivity index (χ4n) is 3.61. The summed E-state index contributed by atoms with van der Waals surface area (Å²) in [6, 6.07) is 14.0. The first-order valence-electron chi connectivity index (χ1n) is 10.2. The van der Waals surface area contributed by atoms with Gasteiger partial charge in [-0.2, -0.15) is 0 Å². The van der Waals surface area contributed by atoms with E-state index in [4.69, 9.17) is 11.6 Å². The highest BCUT2D eigenvalue weighted by Crippen LogP contribution is 2.26. The van der Waals surface area contributed by atoms with Gasteiger partial charge in [0.05, 0.1) is 5.75 Å². The first-order valence-corrected chi connectivity index (χ1v) is 11.5. The Bertz CT molecular complexity index is 1050.